The lowest BCUT2D eigenvalue weighted by molar-refractivity contribution is -0.131. The van der Waals surface area contributed by atoms with Crippen molar-refractivity contribution in [3.63, 3.8) is 0 Å². The van der Waals surface area contributed by atoms with Gasteiger partial charge in [-0.25, -0.2) is 17.6 Å². The van der Waals surface area contributed by atoms with Crippen molar-refractivity contribution < 1.29 is 22.7 Å². The normalized spacial score (nSPS) is 14.8. The SMILES string of the molecule is O=C(O)/C=C/c1ccc(S(=O)(=O)N(Cc2c(F)cccc2Cl)C2CC2)cc1. The molecule has 1 saturated carbocycles. The van der Waals surface area contributed by atoms with Crippen molar-refractivity contribution in [2.24, 2.45) is 0 Å². The quantitative estimate of drug-likeness (QED) is 0.703. The molecule has 0 bridgehead atoms. The first-order valence-electron chi connectivity index (χ1n) is 8.25. The second-order valence-electron chi connectivity index (χ2n) is 6.22. The Morgan fingerprint density at radius 3 is 2.44 bits per heavy atom. The highest BCUT2D eigenvalue weighted by molar-refractivity contribution is 7.89. The minimum atomic E-state index is -3.85. The molecule has 1 aliphatic rings. The van der Waals surface area contributed by atoms with Gasteiger partial charge in [-0.05, 0) is 48.7 Å². The summed E-state index contributed by atoms with van der Waals surface area (Å²) >= 11 is 6.06. The molecule has 1 fully saturated rings. The first-order valence-corrected chi connectivity index (χ1v) is 10.1. The van der Waals surface area contributed by atoms with E-state index in [9.17, 15) is 17.6 Å². The van der Waals surface area contributed by atoms with E-state index in [2.05, 4.69) is 0 Å². The minimum absolute atomic E-state index is 0.0642. The van der Waals surface area contributed by atoms with Crippen LogP contribution in [0.2, 0.25) is 5.02 Å². The number of hydrogen-bond acceptors (Lipinski definition) is 3. The van der Waals surface area contributed by atoms with Crippen molar-refractivity contribution in [1.29, 1.82) is 0 Å². The number of carboxylic acids is 1. The van der Waals surface area contributed by atoms with Gasteiger partial charge in [-0.1, -0.05) is 29.8 Å². The first kappa shape index (κ1) is 19.5. The third kappa shape index (κ3) is 4.55. The highest BCUT2D eigenvalue weighted by Gasteiger charge is 2.38. The number of carbonyl (C=O) groups is 1. The van der Waals surface area contributed by atoms with E-state index in [1.807, 2.05) is 0 Å². The molecule has 2 aromatic carbocycles. The van der Waals surface area contributed by atoms with Crippen LogP contribution in [0.25, 0.3) is 6.08 Å². The van der Waals surface area contributed by atoms with Gasteiger partial charge in [0.25, 0.3) is 0 Å². The van der Waals surface area contributed by atoms with Crippen LogP contribution in [0.3, 0.4) is 0 Å². The number of nitrogens with zero attached hydrogens (tertiary/aromatic N) is 1. The van der Waals surface area contributed by atoms with Crippen LogP contribution in [-0.4, -0.2) is 29.8 Å². The average molecular weight is 410 g/mol. The molecule has 0 unspecified atom stereocenters. The van der Waals surface area contributed by atoms with Crippen LogP contribution in [-0.2, 0) is 21.4 Å². The number of rotatable bonds is 7. The molecule has 0 aromatic heterocycles. The minimum Gasteiger partial charge on any atom is -0.478 e. The molecule has 142 valence electrons. The summed E-state index contributed by atoms with van der Waals surface area (Å²) in [6, 6.07) is 9.94. The molecule has 3 rings (SSSR count). The molecule has 1 N–H and O–H groups in total. The Morgan fingerprint density at radius 1 is 1.22 bits per heavy atom. The van der Waals surface area contributed by atoms with Crippen LogP contribution in [0, 0.1) is 5.82 Å². The molecule has 0 spiro atoms. The van der Waals surface area contributed by atoms with E-state index in [0.717, 1.165) is 6.08 Å². The van der Waals surface area contributed by atoms with E-state index in [1.54, 1.807) is 0 Å². The fourth-order valence-electron chi connectivity index (χ4n) is 2.67. The Hall–Kier alpha value is -2.22. The van der Waals surface area contributed by atoms with Crippen LogP contribution in [0.4, 0.5) is 4.39 Å². The lowest BCUT2D eigenvalue weighted by Crippen LogP contribution is -2.33. The van der Waals surface area contributed by atoms with Crippen molar-refractivity contribution in [2.45, 2.75) is 30.3 Å². The number of benzene rings is 2. The maximum absolute atomic E-state index is 14.1. The van der Waals surface area contributed by atoms with Crippen molar-refractivity contribution in [1.82, 2.24) is 4.31 Å². The van der Waals surface area contributed by atoms with E-state index in [-0.39, 0.29) is 28.1 Å². The monoisotopic (exact) mass is 409 g/mol. The number of carboxylic acid groups (broad SMARTS) is 1. The Bertz CT molecular complexity index is 965. The van der Waals surface area contributed by atoms with E-state index in [4.69, 9.17) is 16.7 Å². The van der Waals surface area contributed by atoms with Gasteiger partial charge in [0.15, 0.2) is 0 Å². The first-order chi connectivity index (χ1) is 12.8. The molecular weight excluding hydrogens is 393 g/mol. The fraction of sp³-hybridized carbons (Fsp3) is 0.211. The summed E-state index contributed by atoms with van der Waals surface area (Å²) in [6.45, 7) is -0.140. The third-order valence-corrected chi connectivity index (χ3v) is 6.50. The van der Waals surface area contributed by atoms with Crippen molar-refractivity contribution in [3.8, 4) is 0 Å². The Balaban J connectivity index is 1.90. The van der Waals surface area contributed by atoms with Gasteiger partial charge in [0.05, 0.1) is 4.90 Å². The fourth-order valence-corrected chi connectivity index (χ4v) is 4.54. The van der Waals surface area contributed by atoms with E-state index in [0.29, 0.717) is 18.4 Å². The van der Waals surface area contributed by atoms with Gasteiger partial charge in [-0.3, -0.25) is 0 Å². The predicted molar refractivity (Wildman–Crippen MR) is 100 cm³/mol. The lowest BCUT2D eigenvalue weighted by atomic mass is 10.2. The molecule has 0 saturated heterocycles. The van der Waals surface area contributed by atoms with Crippen molar-refractivity contribution >= 4 is 33.7 Å². The average Bonchev–Trinajstić information content (AvgIpc) is 3.44. The zero-order valence-electron chi connectivity index (χ0n) is 14.2. The Kier molecular flexibility index (Phi) is 5.64. The van der Waals surface area contributed by atoms with Gasteiger partial charge < -0.3 is 5.11 Å². The molecule has 0 radical (unpaired) electrons. The van der Waals surface area contributed by atoms with Gasteiger partial charge in [-0.2, -0.15) is 4.31 Å². The summed E-state index contributed by atoms with van der Waals surface area (Å²) in [6.07, 6.45) is 3.77. The van der Waals surface area contributed by atoms with Crippen LogP contribution in [0.5, 0.6) is 0 Å². The summed E-state index contributed by atoms with van der Waals surface area (Å²) in [5, 5.41) is 8.84. The molecule has 8 heteroatoms. The zero-order valence-corrected chi connectivity index (χ0v) is 15.8. The second kappa shape index (κ2) is 7.80. The summed E-state index contributed by atoms with van der Waals surface area (Å²) < 4.78 is 41.5. The molecule has 2 aromatic rings. The molecule has 0 atom stereocenters. The van der Waals surface area contributed by atoms with Gasteiger partial charge in [0.2, 0.25) is 10.0 Å². The van der Waals surface area contributed by atoms with Crippen molar-refractivity contribution in [3.05, 3.63) is 70.5 Å². The van der Waals surface area contributed by atoms with Crippen LogP contribution in [0.1, 0.15) is 24.0 Å². The topological polar surface area (TPSA) is 74.7 Å². The van der Waals surface area contributed by atoms with Gasteiger partial charge in [0.1, 0.15) is 5.82 Å². The summed E-state index contributed by atoms with van der Waals surface area (Å²) in [5.74, 6) is -1.63. The predicted octanol–water partition coefficient (Wildman–Crippen LogP) is 3.93. The summed E-state index contributed by atoms with van der Waals surface area (Å²) in [7, 11) is -3.85. The smallest absolute Gasteiger partial charge is 0.328 e. The molecule has 27 heavy (non-hydrogen) atoms. The maximum atomic E-state index is 14.1. The second-order valence-corrected chi connectivity index (χ2v) is 8.52. The molecule has 1 aliphatic carbocycles. The highest BCUT2D eigenvalue weighted by Crippen LogP contribution is 2.35. The highest BCUT2D eigenvalue weighted by atomic mass is 35.5. The van der Waals surface area contributed by atoms with E-state index in [1.165, 1.54) is 52.8 Å². The Labute approximate surface area is 161 Å². The number of aliphatic carboxylic acids is 1. The van der Waals surface area contributed by atoms with Crippen LogP contribution in [0.15, 0.2) is 53.4 Å². The molecule has 0 heterocycles. The zero-order chi connectivity index (χ0) is 19.6. The van der Waals surface area contributed by atoms with E-state index < -0.39 is 21.8 Å². The summed E-state index contributed by atoms with van der Waals surface area (Å²) in [5.41, 5.74) is 0.710. The molecular formula is C19H17ClFNO4S. The number of halogens is 2. The third-order valence-electron chi connectivity index (χ3n) is 4.23. The maximum Gasteiger partial charge on any atom is 0.328 e. The largest absolute Gasteiger partial charge is 0.478 e. The van der Waals surface area contributed by atoms with Gasteiger partial charge in [-0.15, -0.1) is 0 Å². The molecule has 5 nitrogen and oxygen atoms in total. The van der Waals surface area contributed by atoms with Crippen LogP contribution < -0.4 is 0 Å². The number of sulfonamides is 1. The summed E-state index contributed by atoms with van der Waals surface area (Å²) in [4.78, 5) is 10.6. The van der Waals surface area contributed by atoms with E-state index >= 15 is 0 Å². The molecule has 0 amide bonds. The standard InChI is InChI=1S/C19H17ClFNO4S/c20-17-2-1-3-18(21)16(17)12-22(14-7-8-14)27(25,26)15-9-4-13(5-10-15)6-11-19(23)24/h1-6,9-11,14H,7-8,12H2,(H,23,24)/b11-6+. The van der Waals surface area contributed by atoms with Crippen LogP contribution >= 0.6 is 11.6 Å². The number of hydrogen-bond donors (Lipinski definition) is 1. The molecule has 0 aliphatic heterocycles. The van der Waals surface area contributed by atoms with Gasteiger partial charge >= 0.3 is 5.97 Å². The van der Waals surface area contributed by atoms with Gasteiger partial charge in [0, 0.05) is 29.2 Å². The van der Waals surface area contributed by atoms with Crippen molar-refractivity contribution in [2.75, 3.05) is 0 Å². The Morgan fingerprint density at radius 2 is 1.89 bits per heavy atom. The lowest BCUT2D eigenvalue weighted by Gasteiger charge is -2.23.